The third kappa shape index (κ3) is 3.06. The summed E-state index contributed by atoms with van der Waals surface area (Å²) in [5.41, 5.74) is -0.201. The van der Waals surface area contributed by atoms with E-state index in [4.69, 9.17) is 0 Å². The van der Waals surface area contributed by atoms with Gasteiger partial charge in [-0.25, -0.2) is 0 Å². The summed E-state index contributed by atoms with van der Waals surface area (Å²) in [7, 11) is 0. The SMILES string of the molecule is CC1(Nc2nnc(C(F)(F)F)s2)CCNCC1. The lowest BCUT2D eigenvalue weighted by Crippen LogP contribution is -2.45. The van der Waals surface area contributed by atoms with Crippen molar-refractivity contribution in [3.63, 3.8) is 0 Å². The third-order valence-corrected chi connectivity index (χ3v) is 3.67. The molecule has 2 N–H and O–H groups in total. The zero-order valence-corrected chi connectivity index (χ0v) is 10.1. The molecule has 17 heavy (non-hydrogen) atoms. The van der Waals surface area contributed by atoms with E-state index in [1.54, 1.807) is 0 Å². The maximum Gasteiger partial charge on any atom is 0.445 e. The number of anilines is 1. The standard InChI is InChI=1S/C9H13F3N4S/c1-8(2-4-13-5-3-8)14-7-16-15-6(17-7)9(10,11)12/h13H,2-5H2,1H3,(H,14,16). The minimum absolute atomic E-state index is 0.201. The molecule has 1 fully saturated rings. The number of halogens is 3. The van der Waals surface area contributed by atoms with E-state index in [2.05, 4.69) is 20.8 Å². The number of rotatable bonds is 2. The van der Waals surface area contributed by atoms with Crippen LogP contribution in [0, 0.1) is 0 Å². The van der Waals surface area contributed by atoms with Gasteiger partial charge in [0.25, 0.3) is 0 Å². The number of hydrogen-bond acceptors (Lipinski definition) is 5. The summed E-state index contributed by atoms with van der Waals surface area (Å²) in [6.07, 6.45) is -2.70. The molecule has 2 heterocycles. The Hall–Kier alpha value is -0.890. The smallest absolute Gasteiger partial charge is 0.355 e. The van der Waals surface area contributed by atoms with Crippen LogP contribution in [0.15, 0.2) is 0 Å². The van der Waals surface area contributed by atoms with Gasteiger partial charge in [0.2, 0.25) is 10.1 Å². The quantitative estimate of drug-likeness (QED) is 0.860. The molecule has 1 aliphatic heterocycles. The van der Waals surface area contributed by atoms with Gasteiger partial charge in [-0.3, -0.25) is 0 Å². The molecule has 0 saturated carbocycles. The Balaban J connectivity index is 2.06. The predicted octanol–water partition coefficient (Wildman–Crippen LogP) is 2.11. The van der Waals surface area contributed by atoms with Gasteiger partial charge in [0, 0.05) is 5.54 Å². The summed E-state index contributed by atoms with van der Waals surface area (Å²) in [4.78, 5) is 0. The number of alkyl halides is 3. The van der Waals surface area contributed by atoms with Gasteiger partial charge < -0.3 is 10.6 Å². The van der Waals surface area contributed by atoms with Gasteiger partial charge >= 0.3 is 6.18 Å². The van der Waals surface area contributed by atoms with Crippen LogP contribution in [0.1, 0.15) is 24.8 Å². The highest BCUT2D eigenvalue weighted by Gasteiger charge is 2.36. The van der Waals surface area contributed by atoms with Crippen molar-refractivity contribution >= 4 is 16.5 Å². The van der Waals surface area contributed by atoms with Crippen molar-refractivity contribution in [2.24, 2.45) is 0 Å². The molecule has 0 bridgehead atoms. The Kier molecular flexibility index (Phi) is 3.26. The van der Waals surface area contributed by atoms with E-state index in [0.717, 1.165) is 25.9 Å². The average Bonchev–Trinajstić information content (AvgIpc) is 2.66. The lowest BCUT2D eigenvalue weighted by atomic mass is 9.91. The van der Waals surface area contributed by atoms with Gasteiger partial charge in [-0.2, -0.15) is 13.2 Å². The van der Waals surface area contributed by atoms with Crippen LogP contribution in [0.3, 0.4) is 0 Å². The monoisotopic (exact) mass is 266 g/mol. The van der Waals surface area contributed by atoms with E-state index < -0.39 is 11.2 Å². The third-order valence-electron chi connectivity index (χ3n) is 2.78. The fraction of sp³-hybridized carbons (Fsp3) is 0.778. The Bertz CT molecular complexity index is 384. The number of nitrogens with zero attached hydrogens (tertiary/aromatic N) is 2. The first-order valence-electron chi connectivity index (χ1n) is 5.29. The summed E-state index contributed by atoms with van der Waals surface area (Å²) in [5.74, 6) is 0. The molecule has 0 spiro atoms. The normalized spacial score (nSPS) is 20.2. The Morgan fingerprint density at radius 1 is 1.29 bits per heavy atom. The minimum atomic E-state index is -4.41. The molecule has 0 aromatic carbocycles. The highest BCUT2D eigenvalue weighted by Crippen LogP contribution is 2.34. The second-order valence-electron chi connectivity index (χ2n) is 4.35. The molecule has 1 aromatic rings. The zero-order chi connectivity index (χ0) is 12.5. The number of piperidine rings is 1. The van der Waals surface area contributed by atoms with Crippen LogP contribution in [0.25, 0.3) is 0 Å². The molecular formula is C9H13F3N4S. The summed E-state index contributed by atoms with van der Waals surface area (Å²) in [5, 5.41) is 12.3. The first kappa shape index (κ1) is 12.6. The molecule has 96 valence electrons. The van der Waals surface area contributed by atoms with Crippen LogP contribution in [-0.4, -0.2) is 28.8 Å². The molecule has 1 aromatic heterocycles. The molecule has 0 atom stereocenters. The van der Waals surface area contributed by atoms with Crippen LogP contribution in [0.5, 0.6) is 0 Å². The van der Waals surface area contributed by atoms with Crippen molar-refractivity contribution in [2.75, 3.05) is 18.4 Å². The number of hydrogen-bond donors (Lipinski definition) is 2. The van der Waals surface area contributed by atoms with Gasteiger partial charge in [-0.1, -0.05) is 11.3 Å². The van der Waals surface area contributed by atoms with Crippen LogP contribution in [0.4, 0.5) is 18.3 Å². The molecule has 0 radical (unpaired) electrons. The van der Waals surface area contributed by atoms with Crippen molar-refractivity contribution in [3.8, 4) is 0 Å². The van der Waals surface area contributed by atoms with Crippen molar-refractivity contribution in [2.45, 2.75) is 31.5 Å². The van der Waals surface area contributed by atoms with Crippen LogP contribution < -0.4 is 10.6 Å². The van der Waals surface area contributed by atoms with Crippen LogP contribution >= 0.6 is 11.3 Å². The fourth-order valence-corrected chi connectivity index (χ4v) is 2.51. The Morgan fingerprint density at radius 3 is 2.47 bits per heavy atom. The highest BCUT2D eigenvalue weighted by atomic mass is 32.1. The first-order valence-corrected chi connectivity index (χ1v) is 6.10. The van der Waals surface area contributed by atoms with E-state index in [-0.39, 0.29) is 10.7 Å². The van der Waals surface area contributed by atoms with Gasteiger partial charge in [0.1, 0.15) is 0 Å². The average molecular weight is 266 g/mol. The van der Waals surface area contributed by atoms with Crippen molar-refractivity contribution in [1.82, 2.24) is 15.5 Å². The molecule has 0 amide bonds. The van der Waals surface area contributed by atoms with E-state index in [1.165, 1.54) is 0 Å². The molecule has 0 aliphatic carbocycles. The molecule has 0 unspecified atom stereocenters. The summed E-state index contributed by atoms with van der Waals surface area (Å²) < 4.78 is 37.0. The van der Waals surface area contributed by atoms with E-state index >= 15 is 0 Å². The van der Waals surface area contributed by atoms with Gasteiger partial charge in [-0.15, -0.1) is 10.2 Å². The lowest BCUT2D eigenvalue weighted by molar-refractivity contribution is -0.138. The highest BCUT2D eigenvalue weighted by molar-refractivity contribution is 7.15. The second kappa shape index (κ2) is 4.41. The topological polar surface area (TPSA) is 49.8 Å². The van der Waals surface area contributed by atoms with Gasteiger partial charge in [-0.05, 0) is 32.9 Å². The first-order chi connectivity index (χ1) is 7.89. The lowest BCUT2D eigenvalue weighted by Gasteiger charge is -2.34. The van der Waals surface area contributed by atoms with Crippen LogP contribution in [-0.2, 0) is 6.18 Å². The van der Waals surface area contributed by atoms with Crippen molar-refractivity contribution in [3.05, 3.63) is 5.01 Å². The fourth-order valence-electron chi connectivity index (χ4n) is 1.75. The van der Waals surface area contributed by atoms with E-state index in [9.17, 15) is 13.2 Å². The van der Waals surface area contributed by atoms with Crippen molar-refractivity contribution in [1.29, 1.82) is 0 Å². The van der Waals surface area contributed by atoms with E-state index in [1.807, 2.05) is 6.92 Å². The minimum Gasteiger partial charge on any atom is -0.355 e. The summed E-state index contributed by atoms with van der Waals surface area (Å²) in [6.45, 7) is 3.70. The maximum absolute atomic E-state index is 12.3. The molecule has 1 aliphatic rings. The van der Waals surface area contributed by atoms with Gasteiger partial charge in [0.15, 0.2) is 0 Å². The molecule has 2 rings (SSSR count). The van der Waals surface area contributed by atoms with Crippen molar-refractivity contribution < 1.29 is 13.2 Å². The summed E-state index contributed by atoms with van der Waals surface area (Å²) in [6, 6.07) is 0. The Morgan fingerprint density at radius 2 is 1.94 bits per heavy atom. The second-order valence-corrected chi connectivity index (χ2v) is 5.32. The number of nitrogens with one attached hydrogen (secondary N) is 2. The maximum atomic E-state index is 12.3. The largest absolute Gasteiger partial charge is 0.445 e. The zero-order valence-electron chi connectivity index (χ0n) is 9.26. The molecule has 1 saturated heterocycles. The summed E-state index contributed by atoms with van der Waals surface area (Å²) >= 11 is 0.553. The molecular weight excluding hydrogens is 253 g/mol. The molecule has 8 heteroatoms. The number of aromatic nitrogens is 2. The van der Waals surface area contributed by atoms with E-state index in [0.29, 0.717) is 11.3 Å². The Labute approximate surface area is 101 Å². The van der Waals surface area contributed by atoms with Gasteiger partial charge in [0.05, 0.1) is 0 Å². The molecule has 4 nitrogen and oxygen atoms in total. The predicted molar refractivity (Wildman–Crippen MR) is 59.0 cm³/mol. The van der Waals surface area contributed by atoms with Crippen LogP contribution in [0.2, 0.25) is 0 Å².